The second-order valence-corrected chi connectivity index (χ2v) is 10.8. The number of fused-ring (bicyclic) bond motifs is 2. The number of rotatable bonds is 15. The lowest BCUT2D eigenvalue weighted by Gasteiger charge is -2.13. The molecule has 3 heterocycles. The van der Waals surface area contributed by atoms with Gasteiger partial charge in [0.05, 0.1) is 53.6 Å². The van der Waals surface area contributed by atoms with Crippen molar-refractivity contribution in [2.75, 3.05) is 32.7 Å². The molecule has 13 heteroatoms. The third-order valence-corrected chi connectivity index (χ3v) is 8.08. The summed E-state index contributed by atoms with van der Waals surface area (Å²) in [4.78, 5) is 51.7. The molecular weight excluding hydrogens is 560 g/mol. The van der Waals surface area contributed by atoms with Crippen LogP contribution in [0, 0.1) is 0 Å². The van der Waals surface area contributed by atoms with Crippen molar-refractivity contribution in [3.63, 3.8) is 0 Å². The minimum atomic E-state index is -1.02. The third-order valence-electron chi connectivity index (χ3n) is 5.82. The Hall–Kier alpha value is -4.23. The van der Waals surface area contributed by atoms with E-state index in [2.05, 4.69) is 10.3 Å². The predicted molar refractivity (Wildman–Crippen MR) is 151 cm³/mol. The van der Waals surface area contributed by atoms with Crippen molar-refractivity contribution in [2.24, 2.45) is 0 Å². The van der Waals surface area contributed by atoms with Gasteiger partial charge in [0.1, 0.15) is 6.61 Å². The summed E-state index contributed by atoms with van der Waals surface area (Å²) in [7, 11) is 3.03. The van der Waals surface area contributed by atoms with E-state index in [0.717, 1.165) is 14.8 Å². The maximum Gasteiger partial charge on any atom is 0.303 e. The Kier molecular flexibility index (Phi) is 9.17. The smallest absolute Gasteiger partial charge is 0.303 e. The van der Waals surface area contributed by atoms with E-state index in [-0.39, 0.29) is 43.9 Å². The Morgan fingerprint density at radius 1 is 0.775 bits per heavy atom. The molecule has 0 aliphatic heterocycles. The van der Waals surface area contributed by atoms with Gasteiger partial charge in [-0.3, -0.25) is 19.2 Å². The molecule has 210 valence electrons. The van der Waals surface area contributed by atoms with Crippen LogP contribution < -0.4 is 19.5 Å². The van der Waals surface area contributed by atoms with Gasteiger partial charge in [0.2, 0.25) is 0 Å². The molecule has 0 fully saturated rings. The van der Waals surface area contributed by atoms with Gasteiger partial charge >= 0.3 is 11.9 Å². The van der Waals surface area contributed by atoms with Gasteiger partial charge in [-0.15, -0.1) is 22.7 Å². The van der Waals surface area contributed by atoms with E-state index in [1.54, 1.807) is 30.3 Å². The van der Waals surface area contributed by atoms with E-state index in [4.69, 9.17) is 24.4 Å². The molecule has 0 saturated heterocycles. The fourth-order valence-corrected chi connectivity index (χ4v) is 5.88. The van der Waals surface area contributed by atoms with Crippen molar-refractivity contribution in [3.8, 4) is 17.2 Å². The summed E-state index contributed by atoms with van der Waals surface area (Å²) in [5.41, 5.74) is 0.589. The molecule has 40 heavy (non-hydrogen) atoms. The molecule has 4 aromatic rings. The highest BCUT2D eigenvalue weighted by atomic mass is 32.1. The zero-order chi connectivity index (χ0) is 28.8. The van der Waals surface area contributed by atoms with Gasteiger partial charge in [-0.1, -0.05) is 0 Å². The standard InChI is InChI=1S/C27H26N2O9S2/c1-36-18-12-21-14(10-23(39-21)16(30)3-5-25(32)33)9-19(18)38-8-7-28-27-20(37-2)13-22-15(29-27)11-24(40-22)17(31)4-6-26(34)35/h9-13H,3-8H2,1-2H3,(H,28,29)(H,32,33)(H,34,35). The van der Waals surface area contributed by atoms with E-state index < -0.39 is 11.9 Å². The Morgan fingerprint density at radius 2 is 1.38 bits per heavy atom. The first-order chi connectivity index (χ1) is 19.2. The Morgan fingerprint density at radius 3 is 2.00 bits per heavy atom. The molecular formula is C27H26N2O9S2. The molecule has 11 nitrogen and oxygen atoms in total. The summed E-state index contributed by atoms with van der Waals surface area (Å²) in [6, 6.07) is 8.69. The van der Waals surface area contributed by atoms with Gasteiger partial charge in [-0.25, -0.2) is 4.98 Å². The number of Topliss-reactive ketones (excluding diaryl/α,β-unsaturated/α-hetero) is 2. The number of pyridine rings is 1. The molecule has 0 aliphatic carbocycles. The Balaban J connectivity index is 1.42. The van der Waals surface area contributed by atoms with Crippen molar-refractivity contribution in [2.45, 2.75) is 25.7 Å². The van der Waals surface area contributed by atoms with Gasteiger partial charge < -0.3 is 29.7 Å². The van der Waals surface area contributed by atoms with Crippen molar-refractivity contribution in [3.05, 3.63) is 40.1 Å². The minimum absolute atomic E-state index is 0.0642. The van der Waals surface area contributed by atoms with Crippen LogP contribution in [0.5, 0.6) is 17.2 Å². The number of methoxy groups -OCH3 is 2. The number of carbonyl (C=O) groups is 4. The van der Waals surface area contributed by atoms with E-state index in [1.165, 1.54) is 36.9 Å². The van der Waals surface area contributed by atoms with Gasteiger partial charge in [0.15, 0.2) is 34.6 Å². The number of nitrogens with zero attached hydrogens (tertiary/aromatic N) is 1. The summed E-state index contributed by atoms with van der Waals surface area (Å²) in [6.07, 6.45) is -0.592. The maximum absolute atomic E-state index is 12.3. The van der Waals surface area contributed by atoms with Crippen LogP contribution in [-0.2, 0) is 9.59 Å². The van der Waals surface area contributed by atoms with E-state index in [0.29, 0.717) is 44.9 Å². The van der Waals surface area contributed by atoms with Crippen LogP contribution in [0.3, 0.4) is 0 Å². The molecule has 0 saturated carbocycles. The van der Waals surface area contributed by atoms with E-state index in [1.807, 2.05) is 0 Å². The quantitative estimate of drug-likeness (QED) is 0.125. The molecule has 3 aromatic heterocycles. The number of nitrogens with one attached hydrogen (secondary N) is 1. The molecule has 0 unspecified atom stereocenters. The summed E-state index contributed by atoms with van der Waals surface area (Å²) < 4.78 is 18.4. The van der Waals surface area contributed by atoms with Gasteiger partial charge in [0.25, 0.3) is 0 Å². The molecule has 0 aliphatic rings. The lowest BCUT2D eigenvalue weighted by molar-refractivity contribution is -0.137. The number of ether oxygens (including phenoxy) is 3. The highest BCUT2D eigenvalue weighted by molar-refractivity contribution is 7.21. The number of thiophene rings is 2. The van der Waals surface area contributed by atoms with Crippen LogP contribution in [0.4, 0.5) is 5.82 Å². The topological polar surface area (TPSA) is 161 Å². The van der Waals surface area contributed by atoms with Crippen molar-refractivity contribution in [1.82, 2.24) is 4.98 Å². The summed E-state index contributed by atoms with van der Waals surface area (Å²) >= 11 is 2.51. The van der Waals surface area contributed by atoms with Gasteiger partial charge in [0, 0.05) is 29.7 Å². The van der Waals surface area contributed by atoms with Gasteiger partial charge in [-0.2, -0.15) is 0 Å². The number of aliphatic carboxylic acids is 2. The van der Waals surface area contributed by atoms with Crippen molar-refractivity contribution < 1.29 is 43.6 Å². The Labute approximate surface area is 236 Å². The van der Waals surface area contributed by atoms with E-state index in [9.17, 15) is 19.2 Å². The maximum atomic E-state index is 12.3. The largest absolute Gasteiger partial charge is 0.493 e. The second-order valence-electron chi connectivity index (χ2n) is 8.59. The van der Waals surface area contributed by atoms with Crippen molar-refractivity contribution >= 4 is 72.3 Å². The summed E-state index contributed by atoms with van der Waals surface area (Å²) in [5.74, 6) is -0.594. The predicted octanol–water partition coefficient (Wildman–Crippen LogP) is 5.11. The number of benzene rings is 1. The average molecular weight is 587 g/mol. The molecule has 4 rings (SSSR count). The zero-order valence-corrected chi connectivity index (χ0v) is 23.3. The summed E-state index contributed by atoms with van der Waals surface area (Å²) in [6.45, 7) is 0.592. The number of ketones is 2. The first kappa shape index (κ1) is 28.8. The van der Waals surface area contributed by atoms with Crippen LogP contribution in [0.25, 0.3) is 20.3 Å². The number of carbonyl (C=O) groups excluding carboxylic acids is 2. The number of carboxylic acids is 2. The highest BCUT2D eigenvalue weighted by Crippen LogP contribution is 2.37. The SMILES string of the molecule is COc1cc2sc(C(=O)CCC(=O)O)cc2cc1OCCNc1nc2cc(C(=O)CCC(=O)O)sc2cc1OC. The number of hydrogen-bond donors (Lipinski definition) is 3. The lowest BCUT2D eigenvalue weighted by atomic mass is 10.1. The molecule has 3 N–H and O–H groups in total. The average Bonchev–Trinajstić information content (AvgIpc) is 3.55. The highest BCUT2D eigenvalue weighted by Gasteiger charge is 2.17. The monoisotopic (exact) mass is 586 g/mol. The third kappa shape index (κ3) is 6.85. The van der Waals surface area contributed by atoms with Crippen LogP contribution in [0.15, 0.2) is 30.3 Å². The number of carboxylic acid groups (broad SMARTS) is 2. The first-order valence-corrected chi connectivity index (χ1v) is 13.8. The number of hydrogen-bond acceptors (Lipinski definition) is 11. The first-order valence-electron chi connectivity index (χ1n) is 12.1. The second kappa shape index (κ2) is 12.7. The normalized spacial score (nSPS) is 10.9. The fraction of sp³-hybridized carbons (Fsp3) is 0.296. The van der Waals surface area contributed by atoms with Crippen LogP contribution in [-0.4, -0.2) is 66.1 Å². The van der Waals surface area contributed by atoms with Gasteiger partial charge in [-0.05, 0) is 23.6 Å². The molecule has 0 amide bonds. The van der Waals surface area contributed by atoms with Crippen LogP contribution in [0.2, 0.25) is 0 Å². The minimum Gasteiger partial charge on any atom is -0.493 e. The Bertz CT molecular complexity index is 1470. The zero-order valence-electron chi connectivity index (χ0n) is 21.6. The lowest BCUT2D eigenvalue weighted by Crippen LogP contribution is -2.13. The molecule has 0 bridgehead atoms. The molecule has 0 radical (unpaired) electrons. The molecule has 0 atom stereocenters. The van der Waals surface area contributed by atoms with Crippen LogP contribution in [0.1, 0.15) is 45.0 Å². The molecule has 1 aromatic carbocycles. The summed E-state index contributed by atoms with van der Waals surface area (Å²) in [5, 5.41) is 21.6. The molecule has 0 spiro atoms. The number of aromatic nitrogens is 1. The fourth-order valence-electron chi connectivity index (χ4n) is 3.84. The van der Waals surface area contributed by atoms with Crippen LogP contribution >= 0.6 is 22.7 Å². The van der Waals surface area contributed by atoms with E-state index >= 15 is 0 Å². The van der Waals surface area contributed by atoms with Crippen molar-refractivity contribution in [1.29, 1.82) is 0 Å². The number of anilines is 1.